The molecule has 6 nitrogen and oxygen atoms in total. The summed E-state index contributed by atoms with van der Waals surface area (Å²) in [5, 5.41) is 9.19. The van der Waals surface area contributed by atoms with Crippen LogP contribution in [0.5, 0.6) is 0 Å². The molecule has 0 saturated carbocycles. The van der Waals surface area contributed by atoms with E-state index >= 15 is 0 Å². The molecule has 0 bridgehead atoms. The molecule has 1 N–H and O–H groups in total. The first kappa shape index (κ1) is 15.6. The molecule has 0 amide bonds. The van der Waals surface area contributed by atoms with Crippen LogP contribution in [0, 0.1) is 5.92 Å². The highest BCUT2D eigenvalue weighted by molar-refractivity contribution is 6.29. The van der Waals surface area contributed by atoms with Crippen LogP contribution in [0.4, 0.5) is 5.82 Å². The zero-order valence-electron chi connectivity index (χ0n) is 11.7. The minimum Gasteiger partial charge on any atom is -0.478 e. The number of carbonyl (C=O) groups is 2. The fraction of sp³-hybridized carbons (Fsp3) is 0.500. The summed E-state index contributed by atoms with van der Waals surface area (Å²) in [5.41, 5.74) is 0.0864. The van der Waals surface area contributed by atoms with Crippen molar-refractivity contribution in [2.24, 2.45) is 5.92 Å². The van der Waals surface area contributed by atoms with Gasteiger partial charge in [-0.25, -0.2) is 9.78 Å². The van der Waals surface area contributed by atoms with E-state index in [-0.39, 0.29) is 22.6 Å². The molecular formula is C14H17ClN2O4. The van der Waals surface area contributed by atoms with Crippen LogP contribution in [0.2, 0.25) is 5.15 Å². The molecule has 0 radical (unpaired) electrons. The van der Waals surface area contributed by atoms with Crippen LogP contribution in [0.15, 0.2) is 12.1 Å². The molecule has 1 aliphatic rings. The summed E-state index contributed by atoms with van der Waals surface area (Å²) in [4.78, 5) is 28.9. The van der Waals surface area contributed by atoms with Crippen LogP contribution in [-0.4, -0.2) is 41.7 Å². The number of pyridine rings is 1. The van der Waals surface area contributed by atoms with Crippen molar-refractivity contribution in [3.8, 4) is 0 Å². The Morgan fingerprint density at radius 1 is 1.52 bits per heavy atom. The number of carboxylic acid groups (broad SMARTS) is 1. The highest BCUT2D eigenvalue weighted by Crippen LogP contribution is 2.25. The third-order valence-corrected chi connectivity index (χ3v) is 3.59. The number of esters is 1. The zero-order valence-corrected chi connectivity index (χ0v) is 12.5. The number of halogens is 1. The van der Waals surface area contributed by atoms with Crippen molar-refractivity contribution >= 4 is 29.4 Å². The lowest BCUT2D eigenvalue weighted by Gasteiger charge is -2.32. The fourth-order valence-electron chi connectivity index (χ4n) is 2.41. The Labute approximate surface area is 127 Å². The molecule has 1 fully saturated rings. The lowest BCUT2D eigenvalue weighted by Crippen LogP contribution is -2.40. The van der Waals surface area contributed by atoms with E-state index in [1.807, 2.05) is 4.90 Å². The predicted molar refractivity (Wildman–Crippen MR) is 77.8 cm³/mol. The molecule has 114 valence electrons. The van der Waals surface area contributed by atoms with E-state index < -0.39 is 5.97 Å². The third kappa shape index (κ3) is 3.85. The van der Waals surface area contributed by atoms with Gasteiger partial charge in [-0.05, 0) is 31.9 Å². The molecule has 1 unspecified atom stereocenters. The maximum Gasteiger partial charge on any atom is 0.335 e. The number of anilines is 1. The largest absolute Gasteiger partial charge is 0.478 e. The second-order valence-electron chi connectivity index (χ2n) is 4.88. The molecule has 21 heavy (non-hydrogen) atoms. The number of ether oxygens (including phenoxy) is 1. The molecule has 1 aromatic heterocycles. The van der Waals surface area contributed by atoms with Gasteiger partial charge in [0.05, 0.1) is 18.1 Å². The quantitative estimate of drug-likeness (QED) is 0.678. The van der Waals surface area contributed by atoms with Gasteiger partial charge in [0.2, 0.25) is 0 Å². The summed E-state index contributed by atoms with van der Waals surface area (Å²) in [6, 6.07) is 2.78. The number of hydrogen-bond acceptors (Lipinski definition) is 5. The normalized spacial score (nSPS) is 18.4. The Hall–Kier alpha value is -1.82. The van der Waals surface area contributed by atoms with Crippen molar-refractivity contribution in [2.45, 2.75) is 19.8 Å². The highest BCUT2D eigenvalue weighted by Gasteiger charge is 2.28. The second kappa shape index (κ2) is 6.76. The summed E-state index contributed by atoms with van der Waals surface area (Å²) in [6.45, 7) is 3.30. The van der Waals surface area contributed by atoms with Crippen LogP contribution in [0.3, 0.4) is 0 Å². The van der Waals surface area contributed by atoms with Crippen LogP contribution in [0.1, 0.15) is 30.1 Å². The molecule has 2 heterocycles. The molecule has 0 aliphatic carbocycles. The van der Waals surface area contributed by atoms with Gasteiger partial charge < -0.3 is 14.7 Å². The van der Waals surface area contributed by atoms with Gasteiger partial charge in [-0.1, -0.05) is 11.6 Å². The van der Waals surface area contributed by atoms with Gasteiger partial charge in [-0.15, -0.1) is 0 Å². The topological polar surface area (TPSA) is 79.7 Å². The fourth-order valence-corrected chi connectivity index (χ4v) is 2.61. The van der Waals surface area contributed by atoms with Crippen molar-refractivity contribution < 1.29 is 19.4 Å². The lowest BCUT2D eigenvalue weighted by atomic mass is 9.98. The number of hydrogen-bond donors (Lipinski definition) is 1. The Balaban J connectivity index is 2.17. The number of carboxylic acids is 1. The number of nitrogens with zero attached hydrogens (tertiary/aromatic N) is 2. The van der Waals surface area contributed by atoms with Crippen molar-refractivity contribution in [1.82, 2.24) is 4.98 Å². The Morgan fingerprint density at radius 2 is 2.29 bits per heavy atom. The van der Waals surface area contributed by atoms with Gasteiger partial charge in [0.15, 0.2) is 0 Å². The molecule has 1 aliphatic heterocycles. The summed E-state index contributed by atoms with van der Waals surface area (Å²) in [6.07, 6.45) is 1.59. The molecule has 0 aromatic carbocycles. The van der Waals surface area contributed by atoms with E-state index in [2.05, 4.69) is 4.98 Å². The average molecular weight is 313 g/mol. The lowest BCUT2D eigenvalue weighted by molar-refractivity contribution is -0.148. The third-order valence-electron chi connectivity index (χ3n) is 3.39. The molecule has 2 rings (SSSR count). The van der Waals surface area contributed by atoms with E-state index in [1.54, 1.807) is 6.92 Å². The SMILES string of the molecule is CCOC(=O)C1CCCN(c2cc(C(=O)O)cc(Cl)n2)C1. The van der Waals surface area contributed by atoms with E-state index in [4.69, 9.17) is 21.4 Å². The smallest absolute Gasteiger partial charge is 0.335 e. The standard InChI is InChI=1S/C14H17ClN2O4/c1-2-21-14(20)9-4-3-5-17(8-9)12-7-10(13(18)19)6-11(15)16-12/h6-7,9H,2-5,8H2,1H3,(H,18,19). The minimum absolute atomic E-state index is 0.0864. The first-order valence-electron chi connectivity index (χ1n) is 6.83. The first-order valence-corrected chi connectivity index (χ1v) is 7.21. The van der Waals surface area contributed by atoms with Crippen molar-refractivity contribution in [3.05, 3.63) is 22.8 Å². The van der Waals surface area contributed by atoms with Gasteiger partial charge in [-0.2, -0.15) is 0 Å². The van der Waals surface area contributed by atoms with Crippen LogP contribution < -0.4 is 4.90 Å². The molecule has 7 heteroatoms. The zero-order chi connectivity index (χ0) is 15.4. The van der Waals surface area contributed by atoms with Gasteiger partial charge in [0.1, 0.15) is 11.0 Å². The number of carbonyl (C=O) groups excluding carboxylic acids is 1. The summed E-state index contributed by atoms with van der Waals surface area (Å²) in [5.74, 6) is -1.01. The monoisotopic (exact) mass is 312 g/mol. The van der Waals surface area contributed by atoms with Gasteiger partial charge in [0, 0.05) is 13.1 Å². The number of aromatic nitrogens is 1. The van der Waals surface area contributed by atoms with Crippen LogP contribution >= 0.6 is 11.6 Å². The summed E-state index contributed by atoms with van der Waals surface area (Å²) >= 11 is 5.87. The van der Waals surface area contributed by atoms with Gasteiger partial charge >= 0.3 is 11.9 Å². The van der Waals surface area contributed by atoms with Gasteiger partial charge in [-0.3, -0.25) is 4.79 Å². The Kier molecular flexibility index (Phi) is 5.01. The Bertz CT molecular complexity index is 550. The summed E-state index contributed by atoms with van der Waals surface area (Å²) < 4.78 is 5.05. The maximum absolute atomic E-state index is 11.8. The molecule has 0 spiro atoms. The van der Waals surface area contributed by atoms with Crippen LogP contribution in [-0.2, 0) is 9.53 Å². The van der Waals surface area contributed by atoms with E-state index in [1.165, 1.54) is 12.1 Å². The second-order valence-corrected chi connectivity index (χ2v) is 5.27. The number of aromatic carboxylic acids is 1. The average Bonchev–Trinajstić information content (AvgIpc) is 2.47. The van der Waals surface area contributed by atoms with E-state index in [9.17, 15) is 9.59 Å². The predicted octanol–water partition coefficient (Wildman–Crippen LogP) is 2.21. The van der Waals surface area contributed by atoms with Crippen molar-refractivity contribution in [1.29, 1.82) is 0 Å². The van der Waals surface area contributed by atoms with E-state index in [0.717, 1.165) is 12.8 Å². The van der Waals surface area contributed by atoms with E-state index in [0.29, 0.717) is 25.5 Å². The Morgan fingerprint density at radius 3 is 2.95 bits per heavy atom. The maximum atomic E-state index is 11.8. The molecular weight excluding hydrogens is 296 g/mol. The first-order chi connectivity index (χ1) is 10.0. The van der Waals surface area contributed by atoms with Crippen molar-refractivity contribution in [2.75, 3.05) is 24.6 Å². The molecule has 1 atom stereocenters. The minimum atomic E-state index is -1.06. The number of piperidine rings is 1. The van der Waals surface area contributed by atoms with Gasteiger partial charge in [0.25, 0.3) is 0 Å². The number of rotatable bonds is 4. The molecule has 1 saturated heterocycles. The molecule has 1 aromatic rings. The summed E-state index contributed by atoms with van der Waals surface area (Å²) in [7, 11) is 0. The highest BCUT2D eigenvalue weighted by atomic mass is 35.5. The van der Waals surface area contributed by atoms with Crippen LogP contribution in [0.25, 0.3) is 0 Å². The van der Waals surface area contributed by atoms with Crippen molar-refractivity contribution in [3.63, 3.8) is 0 Å².